The summed E-state index contributed by atoms with van der Waals surface area (Å²) in [7, 11) is 2.19. The van der Waals surface area contributed by atoms with Crippen molar-refractivity contribution in [3.63, 3.8) is 0 Å². The van der Waals surface area contributed by atoms with Gasteiger partial charge in [0.2, 0.25) is 0 Å². The molecule has 2 N–H and O–H groups in total. The van der Waals surface area contributed by atoms with E-state index in [4.69, 9.17) is 10.5 Å². The molecule has 0 unspecified atom stereocenters. The number of benzene rings is 1. The van der Waals surface area contributed by atoms with Crippen molar-refractivity contribution in [1.82, 2.24) is 9.80 Å². The van der Waals surface area contributed by atoms with Gasteiger partial charge in [-0.1, -0.05) is 6.07 Å². The van der Waals surface area contributed by atoms with Crippen LogP contribution in [-0.2, 0) is 6.42 Å². The second-order valence-corrected chi connectivity index (χ2v) is 5.20. The van der Waals surface area contributed by atoms with Gasteiger partial charge in [0.05, 0.1) is 12.3 Å². The molecule has 0 spiro atoms. The molecule has 0 aromatic heterocycles. The zero-order valence-electron chi connectivity index (χ0n) is 12.1. The fourth-order valence-corrected chi connectivity index (χ4v) is 2.40. The van der Waals surface area contributed by atoms with Gasteiger partial charge in [0.15, 0.2) is 0 Å². The van der Waals surface area contributed by atoms with Gasteiger partial charge in [0.1, 0.15) is 5.75 Å². The van der Waals surface area contributed by atoms with E-state index >= 15 is 0 Å². The van der Waals surface area contributed by atoms with Crippen molar-refractivity contribution in [2.24, 2.45) is 0 Å². The third-order valence-corrected chi connectivity index (χ3v) is 3.69. The lowest BCUT2D eigenvalue weighted by Crippen LogP contribution is -2.45. The molecule has 2 rings (SSSR count). The van der Waals surface area contributed by atoms with E-state index < -0.39 is 0 Å². The second kappa shape index (κ2) is 6.78. The van der Waals surface area contributed by atoms with E-state index in [-0.39, 0.29) is 0 Å². The summed E-state index contributed by atoms with van der Waals surface area (Å²) in [6.07, 6.45) is 1.06. The highest BCUT2D eigenvalue weighted by atomic mass is 16.5. The summed E-state index contributed by atoms with van der Waals surface area (Å²) in [5.74, 6) is 0.797. The van der Waals surface area contributed by atoms with Gasteiger partial charge in [0, 0.05) is 32.7 Å². The SMILES string of the molecule is CCOc1ccc(CCN2CCN(C)CC2)cc1N. The number of nitrogen functional groups attached to an aromatic ring is 1. The van der Waals surface area contributed by atoms with Gasteiger partial charge in [-0.15, -0.1) is 0 Å². The summed E-state index contributed by atoms with van der Waals surface area (Å²) in [4.78, 5) is 4.90. The summed E-state index contributed by atoms with van der Waals surface area (Å²) in [5, 5.41) is 0. The number of piperazine rings is 1. The van der Waals surface area contributed by atoms with Crippen LogP contribution in [0, 0.1) is 0 Å². The van der Waals surface area contributed by atoms with Gasteiger partial charge < -0.3 is 20.3 Å². The topological polar surface area (TPSA) is 41.7 Å². The molecule has 1 saturated heterocycles. The zero-order chi connectivity index (χ0) is 13.7. The first kappa shape index (κ1) is 14.2. The number of hydrogen-bond acceptors (Lipinski definition) is 4. The van der Waals surface area contributed by atoms with E-state index in [1.807, 2.05) is 19.1 Å². The molecule has 106 valence electrons. The largest absolute Gasteiger partial charge is 0.492 e. The van der Waals surface area contributed by atoms with Crippen molar-refractivity contribution in [3.8, 4) is 5.75 Å². The van der Waals surface area contributed by atoms with Crippen LogP contribution >= 0.6 is 0 Å². The Morgan fingerprint density at radius 3 is 2.58 bits per heavy atom. The quantitative estimate of drug-likeness (QED) is 0.817. The number of ether oxygens (including phenoxy) is 1. The minimum atomic E-state index is 0.658. The normalized spacial score (nSPS) is 17.6. The first-order valence-electron chi connectivity index (χ1n) is 7.11. The fraction of sp³-hybridized carbons (Fsp3) is 0.600. The zero-order valence-corrected chi connectivity index (χ0v) is 12.1. The molecule has 1 heterocycles. The van der Waals surface area contributed by atoms with Crippen LogP contribution in [0.3, 0.4) is 0 Å². The minimum Gasteiger partial charge on any atom is -0.492 e. The maximum atomic E-state index is 5.99. The molecular formula is C15H25N3O. The minimum absolute atomic E-state index is 0.658. The van der Waals surface area contributed by atoms with Crippen molar-refractivity contribution >= 4 is 5.69 Å². The average Bonchev–Trinajstić information content (AvgIpc) is 2.41. The molecule has 0 radical (unpaired) electrons. The fourth-order valence-electron chi connectivity index (χ4n) is 2.40. The van der Waals surface area contributed by atoms with Crippen molar-refractivity contribution < 1.29 is 4.74 Å². The van der Waals surface area contributed by atoms with Gasteiger partial charge >= 0.3 is 0 Å². The second-order valence-electron chi connectivity index (χ2n) is 5.20. The predicted molar refractivity (Wildman–Crippen MR) is 79.7 cm³/mol. The summed E-state index contributed by atoms with van der Waals surface area (Å²) in [6, 6.07) is 6.15. The number of nitrogens with zero attached hydrogens (tertiary/aromatic N) is 2. The van der Waals surface area contributed by atoms with E-state index in [9.17, 15) is 0 Å². The molecule has 4 heteroatoms. The smallest absolute Gasteiger partial charge is 0.142 e. The van der Waals surface area contributed by atoms with E-state index in [0.717, 1.165) is 24.4 Å². The highest BCUT2D eigenvalue weighted by Crippen LogP contribution is 2.22. The Balaban J connectivity index is 1.84. The number of hydrogen-bond donors (Lipinski definition) is 1. The first-order chi connectivity index (χ1) is 9.19. The van der Waals surface area contributed by atoms with Crippen LogP contribution in [0.1, 0.15) is 12.5 Å². The number of likely N-dealkylation sites (N-methyl/N-ethyl adjacent to an activating group) is 1. The summed E-state index contributed by atoms with van der Waals surface area (Å²) >= 11 is 0. The molecule has 4 nitrogen and oxygen atoms in total. The molecule has 1 aliphatic heterocycles. The maximum Gasteiger partial charge on any atom is 0.142 e. The van der Waals surface area contributed by atoms with Gasteiger partial charge in [0.25, 0.3) is 0 Å². The van der Waals surface area contributed by atoms with Crippen molar-refractivity contribution in [3.05, 3.63) is 23.8 Å². The summed E-state index contributed by atoms with van der Waals surface area (Å²) < 4.78 is 5.46. The Bertz CT molecular complexity index is 400. The van der Waals surface area contributed by atoms with Crippen molar-refractivity contribution in [2.75, 3.05) is 52.1 Å². The number of anilines is 1. The molecule has 1 fully saturated rings. The number of nitrogens with two attached hydrogens (primary N) is 1. The maximum absolute atomic E-state index is 5.99. The highest BCUT2D eigenvalue weighted by molar-refractivity contribution is 5.54. The van der Waals surface area contributed by atoms with Crippen LogP contribution in [0.2, 0.25) is 0 Å². The van der Waals surface area contributed by atoms with Crippen LogP contribution in [0.15, 0.2) is 18.2 Å². The third-order valence-electron chi connectivity index (χ3n) is 3.69. The Labute approximate surface area is 116 Å². The van der Waals surface area contributed by atoms with Crippen molar-refractivity contribution in [1.29, 1.82) is 0 Å². The van der Waals surface area contributed by atoms with Crippen LogP contribution in [0.5, 0.6) is 5.75 Å². The molecule has 0 saturated carbocycles. The molecule has 1 aliphatic rings. The van der Waals surface area contributed by atoms with Gasteiger partial charge in [-0.05, 0) is 38.1 Å². The van der Waals surface area contributed by atoms with Gasteiger partial charge in [-0.3, -0.25) is 0 Å². The molecule has 19 heavy (non-hydrogen) atoms. The van der Waals surface area contributed by atoms with Crippen LogP contribution < -0.4 is 10.5 Å². The van der Waals surface area contributed by atoms with Crippen LogP contribution in [0.25, 0.3) is 0 Å². The third kappa shape index (κ3) is 4.11. The Kier molecular flexibility index (Phi) is 5.05. The Morgan fingerprint density at radius 2 is 1.95 bits per heavy atom. The average molecular weight is 263 g/mol. The lowest BCUT2D eigenvalue weighted by Gasteiger charge is -2.32. The predicted octanol–water partition coefficient (Wildman–Crippen LogP) is 1.46. The van der Waals surface area contributed by atoms with E-state index in [1.165, 1.54) is 31.7 Å². The van der Waals surface area contributed by atoms with Gasteiger partial charge in [-0.2, -0.15) is 0 Å². The lowest BCUT2D eigenvalue weighted by atomic mass is 10.1. The van der Waals surface area contributed by atoms with Gasteiger partial charge in [-0.25, -0.2) is 0 Å². The molecule has 0 atom stereocenters. The first-order valence-corrected chi connectivity index (χ1v) is 7.11. The number of rotatable bonds is 5. The van der Waals surface area contributed by atoms with Crippen LogP contribution in [-0.4, -0.2) is 56.2 Å². The lowest BCUT2D eigenvalue weighted by molar-refractivity contribution is 0.155. The Morgan fingerprint density at radius 1 is 1.21 bits per heavy atom. The summed E-state index contributed by atoms with van der Waals surface area (Å²) in [6.45, 7) is 8.43. The van der Waals surface area contributed by atoms with Crippen molar-refractivity contribution in [2.45, 2.75) is 13.3 Å². The standard InChI is InChI=1S/C15H25N3O/c1-3-19-15-5-4-13(12-14(15)16)6-7-18-10-8-17(2)9-11-18/h4-5,12H,3,6-11,16H2,1-2H3. The van der Waals surface area contributed by atoms with Crippen LogP contribution in [0.4, 0.5) is 5.69 Å². The molecule has 0 amide bonds. The molecule has 0 bridgehead atoms. The molecule has 1 aromatic rings. The highest BCUT2D eigenvalue weighted by Gasteiger charge is 2.13. The molecule has 1 aromatic carbocycles. The van der Waals surface area contributed by atoms with E-state index in [0.29, 0.717) is 6.61 Å². The van der Waals surface area contributed by atoms with E-state index in [1.54, 1.807) is 0 Å². The molecular weight excluding hydrogens is 238 g/mol. The summed E-state index contributed by atoms with van der Waals surface area (Å²) in [5.41, 5.74) is 8.03. The van der Waals surface area contributed by atoms with E-state index in [2.05, 4.69) is 22.9 Å². The Hall–Kier alpha value is -1.26. The monoisotopic (exact) mass is 263 g/mol. The molecule has 0 aliphatic carbocycles.